The molecule has 0 aliphatic heterocycles. The molecule has 0 bridgehead atoms. The van der Waals surface area contributed by atoms with Crippen molar-refractivity contribution in [2.45, 2.75) is 13.8 Å². The largest absolute Gasteiger partial charge is 0.478 e. The van der Waals surface area contributed by atoms with Crippen LogP contribution < -0.4 is 0 Å². The van der Waals surface area contributed by atoms with Crippen LogP contribution in [0.5, 0.6) is 0 Å². The number of carbonyl (C=O) groups is 2. The molecular weight excluding hydrogens is 258 g/mol. The molecule has 1 aromatic carbocycles. The van der Waals surface area contributed by atoms with Gasteiger partial charge in [-0.1, -0.05) is 30.3 Å². The van der Waals surface area contributed by atoms with Gasteiger partial charge in [0.05, 0.1) is 12.2 Å². The molecule has 1 heterocycles. The minimum atomic E-state index is -1.08. The molecule has 0 amide bonds. The standard InChI is InChI=1S/C15H15NO4/c1-3-20-15(19)13-12(10-7-5-4-6-8-10)11(14(17)18)9(2)16-13/h4-8,16H,3H2,1-2H3,(H,17,18). The Bertz CT molecular complexity index is 643. The van der Waals surface area contributed by atoms with Crippen LogP contribution in [0.4, 0.5) is 0 Å². The highest BCUT2D eigenvalue weighted by atomic mass is 16.5. The minimum Gasteiger partial charge on any atom is -0.478 e. The molecule has 0 fully saturated rings. The lowest BCUT2D eigenvalue weighted by Crippen LogP contribution is -2.07. The van der Waals surface area contributed by atoms with Gasteiger partial charge in [0.15, 0.2) is 0 Å². The molecule has 0 aliphatic carbocycles. The van der Waals surface area contributed by atoms with Gasteiger partial charge in [0.1, 0.15) is 5.69 Å². The van der Waals surface area contributed by atoms with E-state index in [9.17, 15) is 14.7 Å². The van der Waals surface area contributed by atoms with Gasteiger partial charge in [0.2, 0.25) is 0 Å². The highest BCUT2D eigenvalue weighted by Gasteiger charge is 2.26. The van der Waals surface area contributed by atoms with Crippen LogP contribution in [-0.4, -0.2) is 28.6 Å². The maximum atomic E-state index is 12.0. The van der Waals surface area contributed by atoms with Gasteiger partial charge in [-0.15, -0.1) is 0 Å². The molecule has 1 aromatic heterocycles. The highest BCUT2D eigenvalue weighted by Crippen LogP contribution is 2.30. The summed E-state index contributed by atoms with van der Waals surface area (Å²) in [4.78, 5) is 26.2. The van der Waals surface area contributed by atoms with E-state index in [1.807, 2.05) is 6.07 Å². The van der Waals surface area contributed by atoms with Gasteiger partial charge < -0.3 is 14.8 Å². The van der Waals surface area contributed by atoms with Crippen LogP contribution in [0.3, 0.4) is 0 Å². The van der Waals surface area contributed by atoms with Gasteiger partial charge in [-0.25, -0.2) is 9.59 Å². The SMILES string of the molecule is CCOC(=O)c1[nH]c(C)c(C(=O)O)c1-c1ccccc1. The number of carbonyl (C=O) groups excluding carboxylic acids is 1. The molecule has 0 aliphatic rings. The maximum absolute atomic E-state index is 12.0. The minimum absolute atomic E-state index is 0.0965. The summed E-state index contributed by atoms with van der Waals surface area (Å²) < 4.78 is 4.98. The van der Waals surface area contributed by atoms with E-state index in [1.54, 1.807) is 38.1 Å². The number of nitrogens with one attached hydrogen (secondary N) is 1. The first-order valence-corrected chi connectivity index (χ1v) is 6.24. The van der Waals surface area contributed by atoms with E-state index >= 15 is 0 Å². The molecule has 0 radical (unpaired) electrons. The summed E-state index contributed by atoms with van der Waals surface area (Å²) in [7, 11) is 0. The lowest BCUT2D eigenvalue weighted by atomic mass is 10.00. The predicted molar refractivity (Wildman–Crippen MR) is 73.9 cm³/mol. The van der Waals surface area contributed by atoms with Crippen molar-refractivity contribution >= 4 is 11.9 Å². The third-order valence-corrected chi connectivity index (χ3v) is 2.94. The van der Waals surface area contributed by atoms with Gasteiger partial charge in [-0.3, -0.25) is 0 Å². The summed E-state index contributed by atoms with van der Waals surface area (Å²) >= 11 is 0. The number of carboxylic acid groups (broad SMARTS) is 1. The predicted octanol–water partition coefficient (Wildman–Crippen LogP) is 2.87. The number of aromatic nitrogens is 1. The summed E-state index contributed by atoms with van der Waals surface area (Å²) in [6.45, 7) is 3.56. The van der Waals surface area contributed by atoms with E-state index in [-0.39, 0.29) is 17.9 Å². The zero-order chi connectivity index (χ0) is 14.7. The number of hydrogen-bond acceptors (Lipinski definition) is 3. The second-order valence-electron chi connectivity index (χ2n) is 4.27. The number of aromatic amines is 1. The van der Waals surface area contributed by atoms with Crippen molar-refractivity contribution in [3.05, 3.63) is 47.3 Å². The molecule has 5 nitrogen and oxygen atoms in total. The van der Waals surface area contributed by atoms with E-state index in [1.165, 1.54) is 0 Å². The molecule has 2 aromatic rings. The quantitative estimate of drug-likeness (QED) is 0.839. The second kappa shape index (κ2) is 5.61. The Morgan fingerprint density at radius 3 is 2.45 bits per heavy atom. The molecule has 0 atom stereocenters. The number of esters is 1. The summed E-state index contributed by atoms with van der Waals surface area (Å²) in [5.74, 6) is -1.63. The molecule has 104 valence electrons. The Kier molecular flexibility index (Phi) is 3.89. The van der Waals surface area contributed by atoms with Gasteiger partial charge in [0, 0.05) is 11.3 Å². The number of aryl methyl sites for hydroxylation is 1. The average Bonchev–Trinajstić information content (AvgIpc) is 2.78. The van der Waals surface area contributed by atoms with Crippen molar-refractivity contribution in [3.8, 4) is 11.1 Å². The Morgan fingerprint density at radius 1 is 1.25 bits per heavy atom. The second-order valence-corrected chi connectivity index (χ2v) is 4.27. The van der Waals surface area contributed by atoms with E-state index in [4.69, 9.17) is 4.74 Å². The van der Waals surface area contributed by atoms with Crippen molar-refractivity contribution in [1.29, 1.82) is 0 Å². The van der Waals surface area contributed by atoms with E-state index in [0.29, 0.717) is 16.8 Å². The average molecular weight is 273 g/mol. The topological polar surface area (TPSA) is 79.4 Å². The monoisotopic (exact) mass is 273 g/mol. The van der Waals surface area contributed by atoms with E-state index in [2.05, 4.69) is 4.98 Å². The van der Waals surface area contributed by atoms with Gasteiger partial charge in [-0.05, 0) is 19.4 Å². The van der Waals surface area contributed by atoms with Crippen LogP contribution in [0.1, 0.15) is 33.5 Å². The number of rotatable bonds is 4. The first-order valence-electron chi connectivity index (χ1n) is 6.24. The zero-order valence-corrected chi connectivity index (χ0v) is 11.3. The van der Waals surface area contributed by atoms with Crippen molar-refractivity contribution in [1.82, 2.24) is 4.98 Å². The zero-order valence-electron chi connectivity index (χ0n) is 11.3. The Morgan fingerprint density at radius 2 is 1.90 bits per heavy atom. The van der Waals surface area contributed by atoms with Crippen molar-refractivity contribution < 1.29 is 19.4 Å². The fourth-order valence-corrected chi connectivity index (χ4v) is 2.14. The first-order chi connectivity index (χ1) is 9.56. The maximum Gasteiger partial charge on any atom is 0.355 e. The molecular formula is C15H15NO4. The molecule has 0 spiro atoms. The fraction of sp³-hybridized carbons (Fsp3) is 0.200. The van der Waals surface area contributed by atoms with Crippen LogP contribution in [0, 0.1) is 6.92 Å². The number of carboxylic acids is 1. The molecule has 5 heteroatoms. The number of H-pyrrole nitrogens is 1. The smallest absolute Gasteiger partial charge is 0.355 e. The molecule has 2 rings (SSSR count). The van der Waals surface area contributed by atoms with Crippen LogP contribution in [-0.2, 0) is 4.74 Å². The normalized spacial score (nSPS) is 10.3. The van der Waals surface area contributed by atoms with Crippen LogP contribution in [0.15, 0.2) is 30.3 Å². The summed E-state index contributed by atoms with van der Waals surface area (Å²) in [5.41, 5.74) is 1.73. The Balaban J connectivity index is 2.68. The van der Waals surface area contributed by atoms with Crippen LogP contribution in [0.25, 0.3) is 11.1 Å². The highest BCUT2D eigenvalue weighted by molar-refractivity contribution is 6.05. The summed E-state index contributed by atoms with van der Waals surface area (Å²) in [6.07, 6.45) is 0. The fourth-order valence-electron chi connectivity index (χ4n) is 2.14. The molecule has 20 heavy (non-hydrogen) atoms. The Labute approximate surface area is 116 Å². The van der Waals surface area contributed by atoms with Crippen molar-refractivity contribution in [2.75, 3.05) is 6.61 Å². The van der Waals surface area contributed by atoms with E-state index in [0.717, 1.165) is 0 Å². The van der Waals surface area contributed by atoms with Crippen LogP contribution >= 0.6 is 0 Å². The van der Waals surface area contributed by atoms with Gasteiger partial charge in [0.25, 0.3) is 0 Å². The third kappa shape index (κ3) is 2.42. The summed E-state index contributed by atoms with van der Waals surface area (Å²) in [6, 6.07) is 8.93. The Hall–Kier alpha value is -2.56. The summed E-state index contributed by atoms with van der Waals surface area (Å²) in [5, 5.41) is 9.36. The number of hydrogen-bond donors (Lipinski definition) is 2. The van der Waals surface area contributed by atoms with Crippen molar-refractivity contribution in [3.63, 3.8) is 0 Å². The first kappa shape index (κ1) is 13.9. The lowest BCUT2D eigenvalue weighted by molar-refractivity contribution is 0.0521. The van der Waals surface area contributed by atoms with Crippen LogP contribution in [0.2, 0.25) is 0 Å². The van der Waals surface area contributed by atoms with Crippen molar-refractivity contribution in [2.24, 2.45) is 0 Å². The third-order valence-electron chi connectivity index (χ3n) is 2.94. The number of ether oxygens (including phenoxy) is 1. The van der Waals surface area contributed by atoms with E-state index < -0.39 is 11.9 Å². The lowest BCUT2D eigenvalue weighted by Gasteiger charge is -2.05. The van der Waals surface area contributed by atoms with Gasteiger partial charge >= 0.3 is 11.9 Å². The molecule has 0 unspecified atom stereocenters. The number of aromatic carboxylic acids is 1. The van der Waals surface area contributed by atoms with Gasteiger partial charge in [-0.2, -0.15) is 0 Å². The molecule has 0 saturated carbocycles. The number of benzene rings is 1. The molecule has 2 N–H and O–H groups in total. The molecule has 0 saturated heterocycles.